The highest BCUT2D eigenvalue weighted by atomic mass is 79.9. The molecule has 0 aliphatic carbocycles. The zero-order valence-corrected chi connectivity index (χ0v) is 18.0. The summed E-state index contributed by atoms with van der Waals surface area (Å²) in [5, 5.41) is 0.293. The van der Waals surface area contributed by atoms with Crippen LogP contribution in [0.2, 0.25) is 0 Å². The Labute approximate surface area is 186 Å². The molecule has 0 aliphatic heterocycles. The van der Waals surface area contributed by atoms with Gasteiger partial charge in [0.1, 0.15) is 5.76 Å². The van der Waals surface area contributed by atoms with E-state index in [0.717, 1.165) is 5.56 Å². The summed E-state index contributed by atoms with van der Waals surface area (Å²) in [7, 11) is 0. The maximum Gasteiger partial charge on any atom is 0.273 e. The first kappa shape index (κ1) is 20.6. The number of carbonyl (C=O) groups excluding carboxylic acids is 2. The van der Waals surface area contributed by atoms with E-state index in [1.54, 1.807) is 43.3 Å². The molecule has 0 fully saturated rings. The van der Waals surface area contributed by atoms with Crippen molar-refractivity contribution >= 4 is 38.7 Å². The number of amides is 2. The molecule has 6 nitrogen and oxygen atoms in total. The van der Waals surface area contributed by atoms with Crippen LogP contribution in [0.5, 0.6) is 0 Å². The number of rotatable bonds is 3. The normalized spacial score (nSPS) is 10.6. The van der Waals surface area contributed by atoms with Gasteiger partial charge in [-0.15, -0.1) is 0 Å². The SMILES string of the molecule is Cc1c(-c2ccccc2)oc2c(C(=O)NNC(=O)c3ccccc3Br)cccc2c1=O. The largest absolute Gasteiger partial charge is 0.455 e. The lowest BCUT2D eigenvalue weighted by Gasteiger charge is -2.12. The highest BCUT2D eigenvalue weighted by molar-refractivity contribution is 9.10. The van der Waals surface area contributed by atoms with E-state index in [1.165, 1.54) is 6.07 Å². The topological polar surface area (TPSA) is 88.4 Å². The lowest BCUT2D eigenvalue weighted by atomic mass is 10.0. The molecular weight excluding hydrogens is 460 g/mol. The molecule has 1 heterocycles. The van der Waals surface area contributed by atoms with Crippen molar-refractivity contribution in [3.05, 3.63) is 104 Å². The second-order valence-electron chi connectivity index (χ2n) is 6.82. The van der Waals surface area contributed by atoms with E-state index < -0.39 is 11.8 Å². The van der Waals surface area contributed by atoms with Crippen molar-refractivity contribution in [3.63, 3.8) is 0 Å². The van der Waals surface area contributed by atoms with Crippen LogP contribution in [0.3, 0.4) is 0 Å². The summed E-state index contributed by atoms with van der Waals surface area (Å²) in [5.74, 6) is -0.684. The molecule has 4 aromatic rings. The Morgan fingerprint density at radius 2 is 1.42 bits per heavy atom. The molecule has 0 spiro atoms. The Kier molecular flexibility index (Phi) is 5.68. The van der Waals surface area contributed by atoms with Crippen LogP contribution in [0.4, 0.5) is 0 Å². The number of fused-ring (bicyclic) bond motifs is 1. The number of hydrogen-bond acceptors (Lipinski definition) is 4. The molecule has 0 radical (unpaired) electrons. The molecule has 3 aromatic carbocycles. The third-order valence-corrected chi connectivity index (χ3v) is 5.53. The summed E-state index contributed by atoms with van der Waals surface area (Å²) in [6.45, 7) is 1.69. The fraction of sp³-hybridized carbons (Fsp3) is 0.0417. The number of para-hydroxylation sites is 1. The molecule has 7 heteroatoms. The lowest BCUT2D eigenvalue weighted by Crippen LogP contribution is -2.41. The third-order valence-electron chi connectivity index (χ3n) is 4.83. The number of hydrogen-bond donors (Lipinski definition) is 2. The molecule has 0 aliphatic rings. The molecule has 0 atom stereocenters. The van der Waals surface area contributed by atoms with E-state index in [9.17, 15) is 14.4 Å². The van der Waals surface area contributed by atoms with Crippen molar-refractivity contribution in [2.24, 2.45) is 0 Å². The minimum absolute atomic E-state index is 0.138. The number of nitrogens with one attached hydrogen (secondary N) is 2. The van der Waals surface area contributed by atoms with Gasteiger partial charge in [0.15, 0.2) is 11.0 Å². The van der Waals surface area contributed by atoms with Crippen LogP contribution >= 0.6 is 15.9 Å². The van der Waals surface area contributed by atoms with Crippen molar-refractivity contribution in [2.75, 3.05) is 0 Å². The smallest absolute Gasteiger partial charge is 0.273 e. The van der Waals surface area contributed by atoms with E-state index in [1.807, 2.05) is 30.3 Å². The molecule has 4 rings (SSSR count). The Morgan fingerprint density at radius 3 is 2.13 bits per heavy atom. The minimum Gasteiger partial charge on any atom is -0.455 e. The Balaban J connectivity index is 1.70. The van der Waals surface area contributed by atoms with Gasteiger partial charge in [-0.2, -0.15) is 0 Å². The highest BCUT2D eigenvalue weighted by Crippen LogP contribution is 2.27. The first-order chi connectivity index (χ1) is 15.0. The molecule has 0 saturated carbocycles. The summed E-state index contributed by atoms with van der Waals surface area (Å²) in [4.78, 5) is 38.1. The summed E-state index contributed by atoms with van der Waals surface area (Å²) >= 11 is 3.30. The predicted octanol–water partition coefficient (Wildman–Crippen LogP) is 4.61. The van der Waals surface area contributed by atoms with Crippen molar-refractivity contribution in [1.29, 1.82) is 0 Å². The summed E-state index contributed by atoms with van der Waals surface area (Å²) < 4.78 is 6.64. The molecule has 0 saturated heterocycles. The van der Waals surface area contributed by atoms with Gasteiger partial charge in [-0.05, 0) is 47.1 Å². The number of halogens is 1. The van der Waals surface area contributed by atoms with Gasteiger partial charge in [0.05, 0.1) is 16.5 Å². The minimum atomic E-state index is -0.600. The first-order valence-electron chi connectivity index (χ1n) is 9.44. The van der Waals surface area contributed by atoms with E-state index in [2.05, 4.69) is 26.8 Å². The van der Waals surface area contributed by atoms with Crippen LogP contribution in [0.25, 0.3) is 22.3 Å². The zero-order chi connectivity index (χ0) is 22.0. The second-order valence-corrected chi connectivity index (χ2v) is 7.68. The van der Waals surface area contributed by atoms with E-state index in [-0.39, 0.29) is 16.6 Å². The van der Waals surface area contributed by atoms with E-state index in [4.69, 9.17) is 4.42 Å². The second kappa shape index (κ2) is 8.57. The van der Waals surface area contributed by atoms with Gasteiger partial charge in [0.2, 0.25) is 0 Å². The number of hydrazine groups is 1. The van der Waals surface area contributed by atoms with Gasteiger partial charge in [0, 0.05) is 15.6 Å². The van der Waals surface area contributed by atoms with Crippen LogP contribution in [-0.2, 0) is 0 Å². The van der Waals surface area contributed by atoms with Crippen LogP contribution in [0.1, 0.15) is 26.3 Å². The fourth-order valence-electron chi connectivity index (χ4n) is 3.25. The Morgan fingerprint density at radius 1 is 0.806 bits per heavy atom. The van der Waals surface area contributed by atoms with Gasteiger partial charge in [-0.3, -0.25) is 25.2 Å². The monoisotopic (exact) mass is 476 g/mol. The van der Waals surface area contributed by atoms with Gasteiger partial charge in [-0.1, -0.05) is 48.5 Å². The van der Waals surface area contributed by atoms with Gasteiger partial charge < -0.3 is 4.42 Å². The number of carbonyl (C=O) groups is 2. The molecule has 0 bridgehead atoms. The molecule has 0 unspecified atom stereocenters. The molecular formula is C24H17BrN2O4. The Hall–Kier alpha value is -3.71. The maximum absolute atomic E-state index is 12.9. The highest BCUT2D eigenvalue weighted by Gasteiger charge is 2.19. The van der Waals surface area contributed by atoms with Crippen molar-refractivity contribution in [3.8, 4) is 11.3 Å². The van der Waals surface area contributed by atoms with Crippen molar-refractivity contribution in [2.45, 2.75) is 6.92 Å². The average molecular weight is 477 g/mol. The van der Waals surface area contributed by atoms with Crippen molar-refractivity contribution in [1.82, 2.24) is 10.9 Å². The average Bonchev–Trinajstić information content (AvgIpc) is 2.80. The van der Waals surface area contributed by atoms with Gasteiger partial charge in [-0.25, -0.2) is 0 Å². The summed E-state index contributed by atoms with van der Waals surface area (Å²) in [6, 6.07) is 20.8. The third kappa shape index (κ3) is 4.00. The van der Waals surface area contributed by atoms with Crippen LogP contribution in [0, 0.1) is 6.92 Å². The first-order valence-corrected chi connectivity index (χ1v) is 10.2. The predicted molar refractivity (Wildman–Crippen MR) is 122 cm³/mol. The molecule has 2 amide bonds. The fourth-order valence-corrected chi connectivity index (χ4v) is 3.71. The molecule has 2 N–H and O–H groups in total. The molecule has 154 valence electrons. The quantitative estimate of drug-likeness (QED) is 0.422. The zero-order valence-electron chi connectivity index (χ0n) is 16.4. The summed E-state index contributed by atoms with van der Waals surface area (Å²) in [6.07, 6.45) is 0. The lowest BCUT2D eigenvalue weighted by molar-refractivity contribution is 0.0846. The van der Waals surface area contributed by atoms with Gasteiger partial charge >= 0.3 is 0 Å². The maximum atomic E-state index is 12.9. The molecule has 31 heavy (non-hydrogen) atoms. The standard InChI is InChI=1S/C24H17BrN2O4/c1-14-20(28)17-11-7-12-18(22(17)31-21(14)15-8-3-2-4-9-15)24(30)27-26-23(29)16-10-5-6-13-19(16)25/h2-13H,1H3,(H,26,29)(H,27,30). The number of benzene rings is 3. The van der Waals surface area contributed by atoms with Crippen LogP contribution in [-0.4, -0.2) is 11.8 Å². The van der Waals surface area contributed by atoms with Crippen LogP contribution in [0.15, 0.2) is 86.5 Å². The van der Waals surface area contributed by atoms with Crippen molar-refractivity contribution < 1.29 is 14.0 Å². The van der Waals surface area contributed by atoms with Crippen LogP contribution < -0.4 is 16.3 Å². The van der Waals surface area contributed by atoms with E-state index >= 15 is 0 Å². The van der Waals surface area contributed by atoms with Gasteiger partial charge in [0.25, 0.3) is 11.8 Å². The summed E-state index contributed by atoms with van der Waals surface area (Å²) in [5.41, 5.74) is 6.41. The Bertz CT molecular complexity index is 1360. The molecule has 1 aromatic heterocycles. The van der Waals surface area contributed by atoms with E-state index in [0.29, 0.717) is 26.7 Å².